The number of nitrogens with two attached hydrogens (primary N) is 1. The molecule has 0 saturated carbocycles. The number of carbonyl (C=O) groups excluding carboxylic acids is 1. The molecule has 1 aromatic rings. The third-order valence-corrected chi connectivity index (χ3v) is 3.67. The van der Waals surface area contributed by atoms with Crippen molar-refractivity contribution in [3.05, 3.63) is 24.3 Å². The van der Waals surface area contributed by atoms with Crippen LogP contribution in [0.1, 0.15) is 6.92 Å². The topological polar surface area (TPSA) is 89.7 Å². The quantitative estimate of drug-likeness (QED) is 0.836. The summed E-state index contributed by atoms with van der Waals surface area (Å²) in [6, 6.07) is 5.45. The molecule has 2 N–H and O–H groups in total. The zero-order chi connectivity index (χ0) is 13.9. The predicted octanol–water partition coefficient (Wildman–Crippen LogP) is 0.335. The van der Waals surface area contributed by atoms with E-state index in [1.165, 1.54) is 20.1 Å². The average Bonchev–Trinajstić information content (AvgIpc) is 2.27. The van der Waals surface area contributed by atoms with Crippen LogP contribution in [0.3, 0.4) is 0 Å². The lowest BCUT2D eigenvalue weighted by atomic mass is 10.2. The SMILES string of the molecule is COc1cccc(N([C@H](C)C(N)=O)S(C)(=O)=O)c1. The lowest BCUT2D eigenvalue weighted by Gasteiger charge is -2.27. The third kappa shape index (κ3) is 3.13. The van der Waals surface area contributed by atoms with Gasteiger partial charge in [-0.25, -0.2) is 8.42 Å². The highest BCUT2D eigenvalue weighted by molar-refractivity contribution is 7.92. The molecule has 0 aliphatic heterocycles. The summed E-state index contributed by atoms with van der Waals surface area (Å²) in [6.07, 6.45) is 1.02. The number of rotatable bonds is 5. The summed E-state index contributed by atoms with van der Waals surface area (Å²) in [5, 5.41) is 0. The number of methoxy groups -OCH3 is 1. The number of sulfonamides is 1. The highest BCUT2D eigenvalue weighted by Crippen LogP contribution is 2.24. The summed E-state index contributed by atoms with van der Waals surface area (Å²) in [4.78, 5) is 11.2. The second-order valence-electron chi connectivity index (χ2n) is 3.84. The van der Waals surface area contributed by atoms with Crippen molar-refractivity contribution in [3.8, 4) is 5.75 Å². The van der Waals surface area contributed by atoms with E-state index in [1.807, 2.05) is 0 Å². The smallest absolute Gasteiger partial charge is 0.241 e. The van der Waals surface area contributed by atoms with E-state index < -0.39 is 22.0 Å². The largest absolute Gasteiger partial charge is 0.497 e. The molecule has 0 bridgehead atoms. The van der Waals surface area contributed by atoms with Crippen molar-refractivity contribution >= 4 is 21.6 Å². The number of hydrogen-bond acceptors (Lipinski definition) is 4. The van der Waals surface area contributed by atoms with Crippen LogP contribution in [0.2, 0.25) is 0 Å². The highest BCUT2D eigenvalue weighted by atomic mass is 32.2. The first-order chi connectivity index (χ1) is 8.27. The van der Waals surface area contributed by atoms with E-state index in [4.69, 9.17) is 10.5 Å². The van der Waals surface area contributed by atoms with Crippen LogP contribution in [0.4, 0.5) is 5.69 Å². The first-order valence-corrected chi connectivity index (χ1v) is 7.05. The van der Waals surface area contributed by atoms with Crippen molar-refractivity contribution in [2.75, 3.05) is 17.7 Å². The Morgan fingerprint density at radius 3 is 2.50 bits per heavy atom. The number of primary amides is 1. The van der Waals surface area contributed by atoms with Crippen molar-refractivity contribution in [3.63, 3.8) is 0 Å². The number of carbonyl (C=O) groups is 1. The van der Waals surface area contributed by atoms with Crippen LogP contribution in [0.25, 0.3) is 0 Å². The monoisotopic (exact) mass is 272 g/mol. The van der Waals surface area contributed by atoms with Gasteiger partial charge < -0.3 is 10.5 Å². The molecule has 100 valence electrons. The van der Waals surface area contributed by atoms with Gasteiger partial charge in [-0.3, -0.25) is 9.10 Å². The summed E-state index contributed by atoms with van der Waals surface area (Å²) in [5.41, 5.74) is 5.50. The summed E-state index contributed by atoms with van der Waals surface area (Å²) >= 11 is 0. The maximum Gasteiger partial charge on any atom is 0.241 e. The van der Waals surface area contributed by atoms with Crippen molar-refractivity contribution in [1.82, 2.24) is 0 Å². The van der Waals surface area contributed by atoms with Crippen molar-refractivity contribution < 1.29 is 17.9 Å². The summed E-state index contributed by atoms with van der Waals surface area (Å²) in [7, 11) is -2.14. The van der Waals surface area contributed by atoms with Crippen LogP contribution in [-0.4, -0.2) is 33.7 Å². The Labute approximate surface area is 106 Å². The van der Waals surface area contributed by atoms with E-state index in [0.717, 1.165) is 10.6 Å². The molecular weight excluding hydrogens is 256 g/mol. The molecule has 0 unspecified atom stereocenters. The van der Waals surface area contributed by atoms with Crippen LogP contribution in [0, 0.1) is 0 Å². The molecule has 0 saturated heterocycles. The molecule has 7 heteroatoms. The number of amides is 1. The number of ether oxygens (including phenoxy) is 1. The minimum atomic E-state index is -3.61. The molecule has 0 aromatic heterocycles. The summed E-state index contributed by atoms with van der Waals surface area (Å²) in [6.45, 7) is 1.43. The fourth-order valence-electron chi connectivity index (χ4n) is 1.57. The van der Waals surface area contributed by atoms with Gasteiger partial charge in [0.1, 0.15) is 11.8 Å². The first-order valence-electron chi connectivity index (χ1n) is 5.20. The molecule has 1 rings (SSSR count). The fraction of sp³-hybridized carbons (Fsp3) is 0.364. The summed E-state index contributed by atoms with van der Waals surface area (Å²) in [5.74, 6) is -0.221. The van der Waals surface area contributed by atoms with Gasteiger partial charge in [0.25, 0.3) is 0 Å². The normalized spacial score (nSPS) is 12.8. The second kappa shape index (κ2) is 5.26. The Balaban J connectivity index is 3.30. The number of benzene rings is 1. The van der Waals surface area contributed by atoms with E-state index in [0.29, 0.717) is 11.4 Å². The Hall–Kier alpha value is -1.76. The Morgan fingerprint density at radius 2 is 2.06 bits per heavy atom. The van der Waals surface area contributed by atoms with Gasteiger partial charge in [0.2, 0.25) is 15.9 Å². The number of hydrogen-bond donors (Lipinski definition) is 1. The molecule has 0 radical (unpaired) electrons. The molecule has 0 aliphatic rings. The van der Waals surface area contributed by atoms with Gasteiger partial charge in [0, 0.05) is 6.07 Å². The molecule has 0 fully saturated rings. The van der Waals surface area contributed by atoms with Crippen molar-refractivity contribution in [2.45, 2.75) is 13.0 Å². The zero-order valence-corrected chi connectivity index (χ0v) is 11.3. The van der Waals surface area contributed by atoms with Crippen LogP contribution >= 0.6 is 0 Å². The molecule has 0 spiro atoms. The molecule has 6 nitrogen and oxygen atoms in total. The van der Waals surface area contributed by atoms with Crippen LogP contribution in [-0.2, 0) is 14.8 Å². The van der Waals surface area contributed by atoms with Gasteiger partial charge in [-0.1, -0.05) is 6.07 Å². The van der Waals surface area contributed by atoms with E-state index >= 15 is 0 Å². The van der Waals surface area contributed by atoms with E-state index in [2.05, 4.69) is 0 Å². The maximum absolute atomic E-state index is 11.8. The van der Waals surface area contributed by atoms with Gasteiger partial charge >= 0.3 is 0 Å². The molecule has 1 amide bonds. The molecular formula is C11H16N2O4S. The third-order valence-electron chi connectivity index (χ3n) is 2.43. The highest BCUT2D eigenvalue weighted by Gasteiger charge is 2.27. The van der Waals surface area contributed by atoms with Gasteiger partial charge in [-0.05, 0) is 19.1 Å². The van der Waals surface area contributed by atoms with Crippen LogP contribution < -0.4 is 14.8 Å². The number of nitrogens with zero attached hydrogens (tertiary/aromatic N) is 1. The zero-order valence-electron chi connectivity index (χ0n) is 10.5. The first kappa shape index (κ1) is 14.3. The second-order valence-corrected chi connectivity index (χ2v) is 5.70. The van der Waals surface area contributed by atoms with Gasteiger partial charge in [-0.2, -0.15) is 0 Å². The van der Waals surface area contributed by atoms with E-state index in [-0.39, 0.29) is 0 Å². The minimum Gasteiger partial charge on any atom is -0.497 e. The van der Waals surface area contributed by atoms with Crippen molar-refractivity contribution in [2.24, 2.45) is 5.73 Å². The van der Waals surface area contributed by atoms with Crippen molar-refractivity contribution in [1.29, 1.82) is 0 Å². The lowest BCUT2D eigenvalue weighted by Crippen LogP contribution is -2.45. The summed E-state index contributed by atoms with van der Waals surface area (Å²) < 4.78 is 29.5. The van der Waals surface area contributed by atoms with E-state index in [9.17, 15) is 13.2 Å². The standard InChI is InChI=1S/C11H16N2O4S/c1-8(11(12)14)13(18(3,15)16)9-5-4-6-10(7-9)17-2/h4-8H,1-3H3,(H2,12,14)/t8-/m1/s1. The van der Waals surface area contributed by atoms with E-state index in [1.54, 1.807) is 18.2 Å². The predicted molar refractivity (Wildman–Crippen MR) is 69.0 cm³/mol. The fourth-order valence-corrected chi connectivity index (χ4v) is 2.74. The molecule has 0 aliphatic carbocycles. The maximum atomic E-state index is 11.8. The van der Waals surface area contributed by atoms with Gasteiger partial charge in [-0.15, -0.1) is 0 Å². The lowest BCUT2D eigenvalue weighted by molar-refractivity contribution is -0.118. The van der Waals surface area contributed by atoms with Crippen LogP contribution in [0.15, 0.2) is 24.3 Å². The molecule has 0 heterocycles. The minimum absolute atomic E-state index is 0.336. The van der Waals surface area contributed by atoms with Gasteiger partial charge in [0.15, 0.2) is 0 Å². The molecule has 18 heavy (non-hydrogen) atoms. The number of anilines is 1. The Bertz CT molecular complexity index is 542. The molecule has 1 atom stereocenters. The Kier molecular flexibility index (Phi) is 4.18. The average molecular weight is 272 g/mol. The Morgan fingerprint density at radius 1 is 1.44 bits per heavy atom. The van der Waals surface area contributed by atoms with Gasteiger partial charge in [0.05, 0.1) is 19.1 Å². The van der Waals surface area contributed by atoms with Crippen LogP contribution in [0.5, 0.6) is 5.75 Å². The molecule has 1 aromatic carbocycles.